The number of hydrogen-bond donors (Lipinski definition) is 1. The van der Waals surface area contributed by atoms with Crippen LogP contribution < -0.4 is 5.32 Å². The molecule has 0 spiro atoms. The Hall–Kier alpha value is -1.33. The van der Waals surface area contributed by atoms with Gasteiger partial charge in [-0.05, 0) is 19.9 Å². The second-order valence-electron chi connectivity index (χ2n) is 4.55. The van der Waals surface area contributed by atoms with Gasteiger partial charge in [-0.3, -0.25) is 0 Å². The van der Waals surface area contributed by atoms with Gasteiger partial charge in [-0.25, -0.2) is 15.0 Å². The SMILES string of the molecule is Cc1nccc(-c2nc(C)c(CNC(C)C)s2)n1. The van der Waals surface area contributed by atoms with Crippen LogP contribution in [0.5, 0.6) is 0 Å². The molecule has 0 fully saturated rings. The van der Waals surface area contributed by atoms with E-state index in [1.165, 1.54) is 4.88 Å². The highest BCUT2D eigenvalue weighted by Gasteiger charge is 2.10. The molecule has 0 aromatic carbocycles. The lowest BCUT2D eigenvalue weighted by molar-refractivity contribution is 0.591. The van der Waals surface area contributed by atoms with Crippen LogP contribution in [-0.4, -0.2) is 21.0 Å². The Labute approximate surface area is 112 Å². The van der Waals surface area contributed by atoms with E-state index >= 15 is 0 Å². The molecule has 0 radical (unpaired) electrons. The van der Waals surface area contributed by atoms with Gasteiger partial charge in [0.15, 0.2) is 0 Å². The summed E-state index contributed by atoms with van der Waals surface area (Å²) < 4.78 is 0. The molecule has 0 aliphatic carbocycles. The van der Waals surface area contributed by atoms with Crippen molar-refractivity contribution in [1.82, 2.24) is 20.3 Å². The zero-order valence-corrected chi connectivity index (χ0v) is 12.0. The molecule has 96 valence electrons. The van der Waals surface area contributed by atoms with Gasteiger partial charge in [-0.15, -0.1) is 11.3 Å². The van der Waals surface area contributed by atoms with E-state index < -0.39 is 0 Å². The van der Waals surface area contributed by atoms with Crippen molar-refractivity contribution in [2.24, 2.45) is 0 Å². The van der Waals surface area contributed by atoms with Crippen molar-refractivity contribution < 1.29 is 0 Å². The van der Waals surface area contributed by atoms with Gasteiger partial charge in [0.2, 0.25) is 0 Å². The Morgan fingerprint density at radius 1 is 1.28 bits per heavy atom. The van der Waals surface area contributed by atoms with Crippen LogP contribution in [0.4, 0.5) is 0 Å². The molecule has 0 unspecified atom stereocenters. The standard InChI is InChI=1S/C13H18N4S/c1-8(2)15-7-12-9(3)16-13(18-12)11-5-6-14-10(4)17-11/h5-6,8,15H,7H2,1-4H3. The zero-order valence-electron chi connectivity index (χ0n) is 11.2. The van der Waals surface area contributed by atoms with Crippen molar-refractivity contribution in [1.29, 1.82) is 0 Å². The molecule has 0 saturated heterocycles. The molecule has 0 saturated carbocycles. The van der Waals surface area contributed by atoms with Gasteiger partial charge in [0.25, 0.3) is 0 Å². The summed E-state index contributed by atoms with van der Waals surface area (Å²) in [6.45, 7) is 9.10. The molecule has 0 atom stereocenters. The fourth-order valence-corrected chi connectivity index (χ4v) is 2.56. The average Bonchev–Trinajstić information content (AvgIpc) is 2.68. The fraction of sp³-hybridized carbons (Fsp3) is 0.462. The second-order valence-corrected chi connectivity index (χ2v) is 5.64. The van der Waals surface area contributed by atoms with Crippen LogP contribution in [0.15, 0.2) is 12.3 Å². The quantitative estimate of drug-likeness (QED) is 0.920. The Bertz CT molecular complexity index is 534. The molecule has 2 rings (SSSR count). The smallest absolute Gasteiger partial charge is 0.142 e. The number of rotatable bonds is 4. The van der Waals surface area contributed by atoms with Gasteiger partial charge in [-0.1, -0.05) is 13.8 Å². The monoisotopic (exact) mass is 262 g/mol. The first-order valence-electron chi connectivity index (χ1n) is 6.06. The number of thiazole rings is 1. The van der Waals surface area contributed by atoms with Crippen LogP contribution >= 0.6 is 11.3 Å². The maximum absolute atomic E-state index is 4.59. The Kier molecular flexibility index (Phi) is 4.04. The van der Waals surface area contributed by atoms with Crippen LogP contribution in [0.25, 0.3) is 10.7 Å². The van der Waals surface area contributed by atoms with E-state index in [1.54, 1.807) is 17.5 Å². The molecular formula is C13H18N4S. The van der Waals surface area contributed by atoms with Crippen LogP contribution in [0, 0.1) is 13.8 Å². The lowest BCUT2D eigenvalue weighted by atomic mass is 10.3. The molecule has 0 bridgehead atoms. The molecule has 2 heterocycles. The van der Waals surface area contributed by atoms with Crippen molar-refractivity contribution in [3.05, 3.63) is 28.7 Å². The topological polar surface area (TPSA) is 50.7 Å². The molecule has 0 aliphatic rings. The molecule has 2 aromatic rings. The highest BCUT2D eigenvalue weighted by molar-refractivity contribution is 7.15. The van der Waals surface area contributed by atoms with Crippen LogP contribution in [0.2, 0.25) is 0 Å². The summed E-state index contributed by atoms with van der Waals surface area (Å²) in [5, 5.41) is 4.39. The first-order chi connectivity index (χ1) is 8.56. The van der Waals surface area contributed by atoms with Crippen molar-refractivity contribution in [3.8, 4) is 10.7 Å². The number of aromatic nitrogens is 3. The van der Waals surface area contributed by atoms with Gasteiger partial charge >= 0.3 is 0 Å². The van der Waals surface area contributed by atoms with Gasteiger partial charge in [-0.2, -0.15) is 0 Å². The summed E-state index contributed by atoms with van der Waals surface area (Å²) in [5.41, 5.74) is 1.99. The van der Waals surface area contributed by atoms with E-state index in [0.29, 0.717) is 6.04 Å². The minimum absolute atomic E-state index is 0.483. The molecule has 5 heteroatoms. The van der Waals surface area contributed by atoms with Crippen molar-refractivity contribution in [2.75, 3.05) is 0 Å². The summed E-state index contributed by atoms with van der Waals surface area (Å²) in [5.74, 6) is 0.780. The van der Waals surface area contributed by atoms with Crippen LogP contribution in [0.1, 0.15) is 30.2 Å². The van der Waals surface area contributed by atoms with E-state index in [1.807, 2.05) is 19.9 Å². The van der Waals surface area contributed by atoms with E-state index in [9.17, 15) is 0 Å². The summed E-state index contributed by atoms with van der Waals surface area (Å²) in [6.07, 6.45) is 1.78. The number of nitrogens with zero attached hydrogens (tertiary/aromatic N) is 3. The van der Waals surface area contributed by atoms with E-state index in [2.05, 4.69) is 34.1 Å². The summed E-state index contributed by atoms with van der Waals surface area (Å²) in [7, 11) is 0. The number of hydrogen-bond acceptors (Lipinski definition) is 5. The van der Waals surface area contributed by atoms with Gasteiger partial charge < -0.3 is 5.32 Å². The van der Waals surface area contributed by atoms with E-state index in [-0.39, 0.29) is 0 Å². The zero-order chi connectivity index (χ0) is 13.1. The average molecular weight is 262 g/mol. The Morgan fingerprint density at radius 2 is 2.06 bits per heavy atom. The predicted octanol–water partition coefficient (Wildman–Crippen LogP) is 2.71. The molecule has 18 heavy (non-hydrogen) atoms. The molecule has 4 nitrogen and oxygen atoms in total. The van der Waals surface area contributed by atoms with Crippen molar-refractivity contribution in [3.63, 3.8) is 0 Å². The third-order valence-electron chi connectivity index (χ3n) is 2.56. The minimum Gasteiger partial charge on any atom is -0.310 e. The van der Waals surface area contributed by atoms with Gasteiger partial charge in [0.1, 0.15) is 16.5 Å². The normalized spacial score (nSPS) is 11.2. The third-order valence-corrected chi connectivity index (χ3v) is 3.74. The Balaban J connectivity index is 2.23. The summed E-state index contributed by atoms with van der Waals surface area (Å²) in [6, 6.07) is 2.39. The van der Waals surface area contributed by atoms with Crippen LogP contribution in [0.3, 0.4) is 0 Å². The molecule has 0 amide bonds. The number of aryl methyl sites for hydroxylation is 2. The fourth-order valence-electron chi connectivity index (χ4n) is 1.57. The Morgan fingerprint density at radius 3 is 2.72 bits per heavy atom. The lowest BCUT2D eigenvalue weighted by Crippen LogP contribution is -2.21. The second kappa shape index (κ2) is 5.54. The first-order valence-corrected chi connectivity index (χ1v) is 6.87. The lowest BCUT2D eigenvalue weighted by Gasteiger charge is -2.05. The van der Waals surface area contributed by atoms with Gasteiger partial charge in [0.05, 0.1) is 5.69 Å². The van der Waals surface area contributed by atoms with E-state index in [0.717, 1.165) is 28.8 Å². The van der Waals surface area contributed by atoms with Crippen molar-refractivity contribution in [2.45, 2.75) is 40.3 Å². The van der Waals surface area contributed by atoms with E-state index in [4.69, 9.17) is 0 Å². The predicted molar refractivity (Wildman–Crippen MR) is 74.6 cm³/mol. The summed E-state index contributed by atoms with van der Waals surface area (Å²) >= 11 is 1.70. The largest absolute Gasteiger partial charge is 0.310 e. The number of nitrogens with one attached hydrogen (secondary N) is 1. The maximum atomic E-state index is 4.59. The summed E-state index contributed by atoms with van der Waals surface area (Å²) in [4.78, 5) is 14.4. The first kappa shape index (κ1) is 13.1. The molecular weight excluding hydrogens is 244 g/mol. The van der Waals surface area contributed by atoms with Gasteiger partial charge in [0, 0.05) is 23.7 Å². The third kappa shape index (κ3) is 3.11. The van der Waals surface area contributed by atoms with Crippen LogP contribution in [-0.2, 0) is 6.54 Å². The molecule has 2 aromatic heterocycles. The maximum Gasteiger partial charge on any atom is 0.142 e. The molecule has 1 N–H and O–H groups in total. The minimum atomic E-state index is 0.483. The highest BCUT2D eigenvalue weighted by Crippen LogP contribution is 2.26. The molecule has 0 aliphatic heterocycles. The highest BCUT2D eigenvalue weighted by atomic mass is 32.1. The van der Waals surface area contributed by atoms with Crippen molar-refractivity contribution >= 4 is 11.3 Å².